The van der Waals surface area contributed by atoms with Crippen LogP contribution in [-0.2, 0) is 0 Å². The summed E-state index contributed by atoms with van der Waals surface area (Å²) in [4.78, 5) is 0. The Morgan fingerprint density at radius 2 is 2.28 bits per heavy atom. The zero-order chi connectivity index (χ0) is 13.1. The summed E-state index contributed by atoms with van der Waals surface area (Å²) in [6.07, 6.45) is 0. The minimum atomic E-state index is -0.436. The summed E-state index contributed by atoms with van der Waals surface area (Å²) in [5.74, 6) is 0.469. The lowest BCUT2D eigenvalue weighted by molar-refractivity contribution is 0.443. The third-order valence-corrected chi connectivity index (χ3v) is 2.60. The molecular weight excluding hydrogens is 253 g/mol. The fraction of sp³-hybridized carbons (Fsp3) is 0.333. The van der Waals surface area contributed by atoms with Crippen LogP contribution in [-0.4, -0.2) is 16.8 Å². The number of benzene rings is 1. The summed E-state index contributed by atoms with van der Waals surface area (Å²) >= 11 is 5.12. The van der Waals surface area contributed by atoms with Crippen molar-refractivity contribution in [3.05, 3.63) is 24.0 Å². The van der Waals surface area contributed by atoms with Gasteiger partial charge in [-0.3, -0.25) is 0 Å². The van der Waals surface area contributed by atoms with Gasteiger partial charge in [0.1, 0.15) is 0 Å². The number of para-hydroxylation sites is 1. The molecule has 0 aliphatic carbocycles. The van der Waals surface area contributed by atoms with Crippen LogP contribution in [0.3, 0.4) is 0 Å². The number of hydrogen-bond donors (Lipinski definition) is 2. The number of nitrogens with zero attached hydrogens (tertiary/aromatic N) is 1. The van der Waals surface area contributed by atoms with Crippen molar-refractivity contribution in [2.45, 2.75) is 13.8 Å². The Balaban J connectivity index is 2.12. The molecule has 18 heavy (non-hydrogen) atoms. The quantitative estimate of drug-likeness (QED) is 0.837. The Hall–Kier alpha value is -1.69. The SMILES string of the molecule is CC(C)CNC(=S)Nc1noc2c(F)cccc12. The third kappa shape index (κ3) is 2.76. The Labute approximate surface area is 110 Å². The minimum Gasteiger partial charge on any atom is -0.362 e. The summed E-state index contributed by atoms with van der Waals surface area (Å²) < 4.78 is 18.3. The summed E-state index contributed by atoms with van der Waals surface area (Å²) in [6, 6.07) is 4.65. The van der Waals surface area contributed by atoms with E-state index in [1.165, 1.54) is 6.07 Å². The van der Waals surface area contributed by atoms with Crippen LogP contribution in [0.5, 0.6) is 0 Å². The lowest BCUT2D eigenvalue weighted by Crippen LogP contribution is -2.31. The molecular formula is C12H14FN3OS. The van der Waals surface area contributed by atoms with Gasteiger partial charge in [-0.2, -0.15) is 0 Å². The van der Waals surface area contributed by atoms with Gasteiger partial charge in [-0.05, 0) is 30.3 Å². The molecule has 2 rings (SSSR count). The normalized spacial score (nSPS) is 10.9. The molecule has 0 aliphatic heterocycles. The van der Waals surface area contributed by atoms with Crippen LogP contribution >= 0.6 is 12.2 Å². The van der Waals surface area contributed by atoms with E-state index in [1.54, 1.807) is 12.1 Å². The number of thiocarbonyl (C=S) groups is 1. The van der Waals surface area contributed by atoms with E-state index in [9.17, 15) is 4.39 Å². The number of nitrogens with one attached hydrogen (secondary N) is 2. The Morgan fingerprint density at radius 1 is 1.50 bits per heavy atom. The average Bonchev–Trinajstić information content (AvgIpc) is 2.72. The van der Waals surface area contributed by atoms with Gasteiger partial charge in [0, 0.05) is 6.54 Å². The maximum atomic E-state index is 13.4. The van der Waals surface area contributed by atoms with Crippen LogP contribution < -0.4 is 10.6 Å². The van der Waals surface area contributed by atoms with Crippen molar-refractivity contribution in [3.63, 3.8) is 0 Å². The first-order valence-corrected chi connectivity index (χ1v) is 6.07. The van der Waals surface area contributed by atoms with Crippen LogP contribution in [0.25, 0.3) is 11.0 Å². The molecule has 1 aromatic heterocycles. The standard InChI is InChI=1S/C12H14FN3OS/c1-7(2)6-14-12(18)15-11-8-4-3-5-9(13)10(8)17-16-11/h3-5,7H,6H2,1-2H3,(H2,14,15,16,18). The molecule has 0 radical (unpaired) electrons. The molecule has 2 N–H and O–H groups in total. The van der Waals surface area contributed by atoms with Gasteiger partial charge in [-0.15, -0.1) is 0 Å². The van der Waals surface area contributed by atoms with Gasteiger partial charge < -0.3 is 15.2 Å². The van der Waals surface area contributed by atoms with E-state index < -0.39 is 5.82 Å². The summed E-state index contributed by atoms with van der Waals surface area (Å²) in [6.45, 7) is 4.92. The van der Waals surface area contributed by atoms with Gasteiger partial charge in [-0.25, -0.2) is 4.39 Å². The number of hydrogen-bond acceptors (Lipinski definition) is 3. The average molecular weight is 267 g/mol. The van der Waals surface area contributed by atoms with Crippen molar-refractivity contribution in [3.8, 4) is 0 Å². The first kappa shape index (κ1) is 12.8. The second-order valence-corrected chi connectivity index (χ2v) is 4.78. The van der Waals surface area contributed by atoms with E-state index in [1.807, 2.05) is 0 Å². The largest absolute Gasteiger partial charge is 0.362 e. The predicted octanol–water partition coefficient (Wildman–Crippen LogP) is 2.91. The van der Waals surface area contributed by atoms with Gasteiger partial charge in [0.15, 0.2) is 16.7 Å². The molecule has 1 aromatic carbocycles. The first-order valence-electron chi connectivity index (χ1n) is 5.66. The zero-order valence-electron chi connectivity index (χ0n) is 10.2. The van der Waals surface area contributed by atoms with E-state index in [4.69, 9.17) is 16.7 Å². The van der Waals surface area contributed by atoms with Crippen LogP contribution in [0.1, 0.15) is 13.8 Å². The molecule has 0 bridgehead atoms. The van der Waals surface area contributed by atoms with Crippen LogP contribution in [0.2, 0.25) is 0 Å². The molecule has 96 valence electrons. The van der Waals surface area contributed by atoms with Gasteiger partial charge in [-0.1, -0.05) is 25.1 Å². The van der Waals surface area contributed by atoms with Crippen molar-refractivity contribution in [1.29, 1.82) is 0 Å². The zero-order valence-corrected chi connectivity index (χ0v) is 11.0. The fourth-order valence-corrected chi connectivity index (χ4v) is 1.65. The lowest BCUT2D eigenvalue weighted by Gasteiger charge is -2.10. The van der Waals surface area contributed by atoms with E-state index in [-0.39, 0.29) is 5.58 Å². The van der Waals surface area contributed by atoms with Crippen LogP contribution in [0, 0.1) is 11.7 Å². The summed E-state index contributed by atoms with van der Waals surface area (Å²) in [5, 5.41) is 10.7. The number of anilines is 1. The van der Waals surface area contributed by atoms with Crippen molar-refractivity contribution >= 4 is 34.1 Å². The van der Waals surface area contributed by atoms with E-state index >= 15 is 0 Å². The molecule has 0 fully saturated rings. The molecule has 2 aromatic rings. The molecule has 0 unspecified atom stereocenters. The second-order valence-electron chi connectivity index (χ2n) is 4.38. The lowest BCUT2D eigenvalue weighted by atomic mass is 10.2. The molecule has 0 saturated carbocycles. The van der Waals surface area contributed by atoms with Crippen LogP contribution in [0.4, 0.5) is 10.2 Å². The molecule has 0 atom stereocenters. The highest BCUT2D eigenvalue weighted by Gasteiger charge is 2.12. The monoisotopic (exact) mass is 267 g/mol. The maximum absolute atomic E-state index is 13.4. The van der Waals surface area contributed by atoms with E-state index in [0.29, 0.717) is 22.2 Å². The number of aromatic nitrogens is 1. The highest BCUT2D eigenvalue weighted by atomic mass is 32.1. The highest BCUT2D eigenvalue weighted by molar-refractivity contribution is 7.80. The molecule has 6 heteroatoms. The van der Waals surface area contributed by atoms with Gasteiger partial charge in [0.2, 0.25) is 5.58 Å². The fourth-order valence-electron chi connectivity index (χ4n) is 1.47. The first-order chi connectivity index (χ1) is 8.58. The predicted molar refractivity (Wildman–Crippen MR) is 73.0 cm³/mol. The van der Waals surface area contributed by atoms with Gasteiger partial charge in [0.25, 0.3) is 0 Å². The van der Waals surface area contributed by atoms with Gasteiger partial charge in [0.05, 0.1) is 5.39 Å². The van der Waals surface area contributed by atoms with Crippen LogP contribution in [0.15, 0.2) is 22.7 Å². The number of halogens is 1. The van der Waals surface area contributed by atoms with Crippen molar-refractivity contribution in [2.75, 3.05) is 11.9 Å². The number of rotatable bonds is 3. The third-order valence-electron chi connectivity index (χ3n) is 2.35. The van der Waals surface area contributed by atoms with Gasteiger partial charge >= 0.3 is 0 Å². The molecule has 4 nitrogen and oxygen atoms in total. The molecule has 0 aliphatic rings. The highest BCUT2D eigenvalue weighted by Crippen LogP contribution is 2.24. The smallest absolute Gasteiger partial charge is 0.204 e. The van der Waals surface area contributed by atoms with E-state index in [2.05, 4.69) is 29.6 Å². The second kappa shape index (κ2) is 5.30. The molecule has 0 saturated heterocycles. The van der Waals surface area contributed by atoms with Crippen molar-refractivity contribution < 1.29 is 8.91 Å². The topological polar surface area (TPSA) is 50.1 Å². The Bertz CT molecular complexity index is 567. The molecule has 0 spiro atoms. The maximum Gasteiger partial charge on any atom is 0.204 e. The van der Waals surface area contributed by atoms with E-state index in [0.717, 1.165) is 6.54 Å². The van der Waals surface area contributed by atoms with Crippen molar-refractivity contribution in [2.24, 2.45) is 5.92 Å². The van der Waals surface area contributed by atoms with Crippen molar-refractivity contribution in [1.82, 2.24) is 10.5 Å². The summed E-state index contributed by atoms with van der Waals surface area (Å²) in [5.41, 5.74) is 0.131. The Kier molecular flexibility index (Phi) is 3.76. The molecule has 1 heterocycles. The Morgan fingerprint density at radius 3 is 3.00 bits per heavy atom. The minimum absolute atomic E-state index is 0.131. The molecule has 0 amide bonds. The number of fused-ring (bicyclic) bond motifs is 1. The summed E-state index contributed by atoms with van der Waals surface area (Å²) in [7, 11) is 0.